The van der Waals surface area contributed by atoms with Crippen molar-refractivity contribution in [2.75, 3.05) is 18.5 Å². The molecule has 0 amide bonds. The van der Waals surface area contributed by atoms with E-state index < -0.39 is 5.78 Å². The van der Waals surface area contributed by atoms with E-state index in [4.69, 9.17) is 21.1 Å². The summed E-state index contributed by atoms with van der Waals surface area (Å²) in [4.78, 5) is 12.4. The molecule has 6 heteroatoms. The van der Waals surface area contributed by atoms with Crippen LogP contribution in [-0.2, 0) is 0 Å². The number of hydrogen-bond acceptors (Lipinski definition) is 5. The number of hydrogen-bond donors (Lipinski definition) is 1. The van der Waals surface area contributed by atoms with Crippen molar-refractivity contribution < 1.29 is 14.3 Å². The monoisotopic (exact) mass is 340 g/mol. The smallest absolute Gasteiger partial charge is 0.206 e. The van der Waals surface area contributed by atoms with Crippen molar-refractivity contribution in [3.05, 3.63) is 64.8 Å². The molecule has 0 spiro atoms. The van der Waals surface area contributed by atoms with Crippen LogP contribution in [0, 0.1) is 11.3 Å². The Bertz CT molecular complexity index is 856. The fourth-order valence-corrected chi connectivity index (χ4v) is 2.45. The van der Waals surface area contributed by atoms with Crippen LogP contribution in [0.2, 0.25) is 5.02 Å². The normalized spacial score (nSPS) is 13.1. The lowest BCUT2D eigenvalue weighted by Gasteiger charge is -2.18. The average molecular weight is 341 g/mol. The summed E-state index contributed by atoms with van der Waals surface area (Å²) < 4.78 is 10.9. The molecule has 1 heterocycles. The van der Waals surface area contributed by atoms with Crippen LogP contribution in [0.5, 0.6) is 11.5 Å². The van der Waals surface area contributed by atoms with Gasteiger partial charge >= 0.3 is 0 Å². The summed E-state index contributed by atoms with van der Waals surface area (Å²) in [6.07, 6.45) is 1.36. The Kier molecular flexibility index (Phi) is 4.69. The molecule has 0 aliphatic carbocycles. The molecule has 3 rings (SSSR count). The summed E-state index contributed by atoms with van der Waals surface area (Å²) in [5, 5.41) is 12.5. The lowest BCUT2D eigenvalue weighted by Crippen LogP contribution is -2.15. The molecular weight excluding hydrogens is 328 g/mol. The van der Waals surface area contributed by atoms with Gasteiger partial charge in [-0.15, -0.1) is 0 Å². The highest BCUT2D eigenvalue weighted by molar-refractivity contribution is 6.35. The van der Waals surface area contributed by atoms with Crippen LogP contribution < -0.4 is 14.8 Å². The van der Waals surface area contributed by atoms with Crippen molar-refractivity contribution >= 4 is 23.1 Å². The Morgan fingerprint density at radius 3 is 2.67 bits per heavy atom. The Balaban J connectivity index is 1.80. The maximum Gasteiger partial charge on any atom is 0.206 e. The van der Waals surface area contributed by atoms with Gasteiger partial charge in [-0.3, -0.25) is 4.79 Å². The van der Waals surface area contributed by atoms with Gasteiger partial charge in [-0.2, -0.15) is 5.26 Å². The van der Waals surface area contributed by atoms with E-state index >= 15 is 0 Å². The molecule has 0 aromatic heterocycles. The summed E-state index contributed by atoms with van der Waals surface area (Å²) in [5.41, 5.74) is 0.924. The van der Waals surface area contributed by atoms with E-state index in [9.17, 15) is 10.1 Å². The van der Waals surface area contributed by atoms with Gasteiger partial charge in [0.2, 0.25) is 5.78 Å². The lowest BCUT2D eigenvalue weighted by molar-refractivity contribution is 0.103. The second-order valence-electron chi connectivity index (χ2n) is 4.98. The summed E-state index contributed by atoms with van der Waals surface area (Å²) in [7, 11) is 0. The first-order chi connectivity index (χ1) is 11.7. The van der Waals surface area contributed by atoms with Crippen LogP contribution in [0.15, 0.2) is 54.2 Å². The summed E-state index contributed by atoms with van der Waals surface area (Å²) in [5.74, 6) is 0.854. The molecule has 0 fully saturated rings. The number of nitrogens with zero attached hydrogens (tertiary/aromatic N) is 1. The number of benzene rings is 2. The molecule has 5 nitrogen and oxygen atoms in total. The van der Waals surface area contributed by atoms with Crippen molar-refractivity contribution in [2.24, 2.45) is 0 Å². The van der Waals surface area contributed by atoms with Crippen molar-refractivity contribution in [1.82, 2.24) is 0 Å². The van der Waals surface area contributed by atoms with Crippen LogP contribution in [0.1, 0.15) is 10.4 Å². The van der Waals surface area contributed by atoms with Gasteiger partial charge in [0.15, 0.2) is 11.5 Å². The number of rotatable bonds is 4. The minimum atomic E-state index is -0.437. The Morgan fingerprint density at radius 1 is 1.17 bits per heavy atom. The first kappa shape index (κ1) is 15.9. The minimum absolute atomic E-state index is 0.0435. The highest BCUT2D eigenvalue weighted by Gasteiger charge is 2.15. The molecular formula is C18H13ClN2O3. The second kappa shape index (κ2) is 7.07. The van der Waals surface area contributed by atoms with Gasteiger partial charge < -0.3 is 14.8 Å². The maximum atomic E-state index is 12.4. The SMILES string of the molecule is N#C/C(=C/Nc1ccc2c(c1)OCCO2)C(=O)c1ccccc1Cl. The number of ketones is 1. The number of nitriles is 1. The van der Waals surface area contributed by atoms with E-state index in [1.165, 1.54) is 6.20 Å². The summed E-state index contributed by atoms with van der Waals surface area (Å²) >= 11 is 6.01. The molecule has 0 atom stereocenters. The zero-order valence-electron chi connectivity index (χ0n) is 12.6. The van der Waals surface area contributed by atoms with Gasteiger partial charge in [-0.25, -0.2) is 0 Å². The van der Waals surface area contributed by atoms with Crippen molar-refractivity contribution in [2.45, 2.75) is 0 Å². The summed E-state index contributed by atoms with van der Waals surface area (Å²) in [6, 6.07) is 13.8. The number of ether oxygens (including phenoxy) is 2. The maximum absolute atomic E-state index is 12.4. The predicted molar refractivity (Wildman–Crippen MR) is 90.5 cm³/mol. The van der Waals surface area contributed by atoms with Crippen LogP contribution in [0.4, 0.5) is 5.69 Å². The highest BCUT2D eigenvalue weighted by atomic mass is 35.5. The van der Waals surface area contributed by atoms with Crippen molar-refractivity contribution in [1.29, 1.82) is 5.26 Å². The highest BCUT2D eigenvalue weighted by Crippen LogP contribution is 2.32. The molecule has 0 radical (unpaired) electrons. The predicted octanol–water partition coefficient (Wildman–Crippen LogP) is 3.81. The van der Waals surface area contributed by atoms with Crippen LogP contribution in [0.25, 0.3) is 0 Å². The van der Waals surface area contributed by atoms with E-state index in [1.807, 2.05) is 6.07 Å². The fourth-order valence-electron chi connectivity index (χ4n) is 2.23. The fraction of sp³-hybridized carbons (Fsp3) is 0.111. The van der Waals surface area contributed by atoms with Gasteiger partial charge in [0.1, 0.15) is 24.9 Å². The van der Waals surface area contributed by atoms with Crippen LogP contribution >= 0.6 is 11.6 Å². The van der Waals surface area contributed by atoms with Gasteiger partial charge in [-0.1, -0.05) is 23.7 Å². The van der Waals surface area contributed by atoms with Crippen LogP contribution in [-0.4, -0.2) is 19.0 Å². The molecule has 2 aromatic carbocycles. The number of carbonyl (C=O) groups excluding carboxylic acids is 1. The summed E-state index contributed by atoms with van der Waals surface area (Å²) in [6.45, 7) is 1.01. The molecule has 0 bridgehead atoms. The van der Waals surface area contributed by atoms with E-state index in [2.05, 4.69) is 5.32 Å². The third-order valence-electron chi connectivity index (χ3n) is 3.41. The molecule has 1 aliphatic rings. The molecule has 2 aromatic rings. The number of allylic oxidation sites excluding steroid dienone is 1. The third-order valence-corrected chi connectivity index (χ3v) is 3.74. The molecule has 120 valence electrons. The average Bonchev–Trinajstić information content (AvgIpc) is 2.62. The van der Waals surface area contributed by atoms with Gasteiger partial charge in [-0.05, 0) is 24.3 Å². The van der Waals surface area contributed by atoms with Gasteiger partial charge in [0, 0.05) is 23.5 Å². The number of Topliss-reactive ketones (excluding diaryl/α,β-unsaturated/α-hetero) is 1. The lowest BCUT2D eigenvalue weighted by atomic mass is 10.1. The number of nitrogens with one attached hydrogen (secondary N) is 1. The first-order valence-electron chi connectivity index (χ1n) is 7.25. The number of halogens is 1. The first-order valence-corrected chi connectivity index (χ1v) is 7.62. The van der Waals surface area contributed by atoms with E-state index in [-0.39, 0.29) is 11.1 Å². The largest absolute Gasteiger partial charge is 0.486 e. The van der Waals surface area contributed by atoms with E-state index in [1.54, 1.807) is 42.5 Å². The van der Waals surface area contributed by atoms with Gasteiger partial charge in [0.05, 0.1) is 5.02 Å². The molecule has 1 N–H and O–H groups in total. The van der Waals surface area contributed by atoms with Gasteiger partial charge in [0.25, 0.3) is 0 Å². The Morgan fingerprint density at radius 2 is 1.92 bits per heavy atom. The third kappa shape index (κ3) is 3.34. The molecule has 0 unspecified atom stereocenters. The Hall–Kier alpha value is -2.97. The Labute approximate surface area is 144 Å². The minimum Gasteiger partial charge on any atom is -0.486 e. The van der Waals surface area contributed by atoms with E-state index in [0.29, 0.717) is 35.4 Å². The van der Waals surface area contributed by atoms with Crippen LogP contribution in [0.3, 0.4) is 0 Å². The zero-order chi connectivity index (χ0) is 16.9. The quantitative estimate of drug-likeness (QED) is 0.520. The molecule has 1 aliphatic heterocycles. The topological polar surface area (TPSA) is 71.3 Å². The van der Waals surface area contributed by atoms with Crippen molar-refractivity contribution in [3.63, 3.8) is 0 Å². The zero-order valence-corrected chi connectivity index (χ0v) is 13.3. The molecule has 24 heavy (non-hydrogen) atoms. The van der Waals surface area contributed by atoms with E-state index in [0.717, 1.165) is 0 Å². The second-order valence-corrected chi connectivity index (χ2v) is 5.39. The molecule has 0 saturated heterocycles. The number of anilines is 1. The number of fused-ring (bicyclic) bond motifs is 1. The standard InChI is InChI=1S/C18H13ClN2O3/c19-15-4-2-1-3-14(15)18(22)12(10-20)11-21-13-5-6-16-17(9-13)24-8-7-23-16/h1-6,9,11,21H,7-8H2/b12-11-. The van der Waals surface area contributed by atoms with Crippen molar-refractivity contribution in [3.8, 4) is 17.6 Å². The molecule has 0 saturated carbocycles. The number of carbonyl (C=O) groups is 1.